The molecule has 3 aromatic heterocycles. The van der Waals surface area contributed by atoms with Crippen LogP contribution in [0.1, 0.15) is 27.8 Å². The van der Waals surface area contributed by atoms with Gasteiger partial charge in [0.1, 0.15) is 11.6 Å². The summed E-state index contributed by atoms with van der Waals surface area (Å²) in [5, 5.41) is 16.4. The van der Waals surface area contributed by atoms with Crippen molar-refractivity contribution in [1.82, 2.24) is 24.1 Å². The third kappa shape index (κ3) is 8.50. The van der Waals surface area contributed by atoms with Gasteiger partial charge < -0.3 is 9.13 Å². The van der Waals surface area contributed by atoms with Crippen LogP contribution in [0.2, 0.25) is 0 Å². The number of hydrogen-bond donors (Lipinski definition) is 0. The van der Waals surface area contributed by atoms with Crippen molar-refractivity contribution >= 4 is 43.6 Å². The summed E-state index contributed by atoms with van der Waals surface area (Å²) in [5.74, 6) is 1.59. The maximum Gasteiger partial charge on any atom is 0.164 e. The standard InChI is InChI=1S/C74H52N6/c1-46-15-23-50(24-16-46)56-31-35-66-61(39-56)62-40-57(51-25-17-47(2)18-26-51)32-36-67(62)79(66)70-43-60(74-77-72(54-11-7-5-8-12-54)76-73(78-74)55-13-9-6-10-14-55)44-71(65(70)45-75)80-68-37-33-58(52-27-19-48(3)20-28-52)41-63(68)64-42-59(34-38-69(64)80)53-29-21-49(4)22-30-53/h5-44H,1-4H3. The summed E-state index contributed by atoms with van der Waals surface area (Å²) >= 11 is 0. The fourth-order valence-electron chi connectivity index (χ4n) is 11.4. The van der Waals surface area contributed by atoms with Gasteiger partial charge in [-0.05, 0) is 133 Å². The smallest absolute Gasteiger partial charge is 0.164 e. The average molecular weight is 1030 g/mol. The molecular formula is C74H52N6. The summed E-state index contributed by atoms with van der Waals surface area (Å²) < 4.78 is 4.56. The molecule has 11 aromatic carbocycles. The lowest BCUT2D eigenvalue weighted by atomic mass is 9.99. The Labute approximate surface area is 464 Å². The van der Waals surface area contributed by atoms with E-state index in [4.69, 9.17) is 15.0 Å². The highest BCUT2D eigenvalue weighted by Gasteiger charge is 2.25. The van der Waals surface area contributed by atoms with Crippen LogP contribution in [0, 0.1) is 39.0 Å². The van der Waals surface area contributed by atoms with Crippen LogP contribution in [0.15, 0.2) is 243 Å². The molecule has 80 heavy (non-hydrogen) atoms. The molecule has 0 unspecified atom stereocenters. The number of aryl methyl sites for hydroxylation is 4. The highest BCUT2D eigenvalue weighted by molar-refractivity contribution is 6.14. The monoisotopic (exact) mass is 1020 g/mol. The van der Waals surface area contributed by atoms with E-state index in [-0.39, 0.29) is 0 Å². The lowest BCUT2D eigenvalue weighted by Gasteiger charge is -2.18. The van der Waals surface area contributed by atoms with Crippen molar-refractivity contribution < 1.29 is 0 Å². The lowest BCUT2D eigenvalue weighted by molar-refractivity contribution is 1.06. The molecule has 0 aliphatic heterocycles. The lowest BCUT2D eigenvalue weighted by Crippen LogP contribution is -2.07. The number of nitrogens with zero attached hydrogens (tertiary/aromatic N) is 6. The minimum Gasteiger partial charge on any atom is -0.308 e. The van der Waals surface area contributed by atoms with Gasteiger partial charge in [0.25, 0.3) is 0 Å². The Morgan fingerprint density at radius 2 is 0.537 bits per heavy atom. The van der Waals surface area contributed by atoms with Gasteiger partial charge in [-0.15, -0.1) is 0 Å². The molecule has 0 fully saturated rings. The number of rotatable bonds is 9. The third-order valence-corrected chi connectivity index (χ3v) is 15.7. The normalized spacial score (nSPS) is 11.5. The van der Waals surface area contributed by atoms with E-state index in [9.17, 15) is 5.26 Å². The van der Waals surface area contributed by atoms with Gasteiger partial charge in [0, 0.05) is 38.2 Å². The highest BCUT2D eigenvalue weighted by Crippen LogP contribution is 2.44. The zero-order chi connectivity index (χ0) is 54.0. The number of benzene rings is 11. The van der Waals surface area contributed by atoms with E-state index in [1.54, 1.807) is 0 Å². The van der Waals surface area contributed by atoms with Gasteiger partial charge in [-0.25, -0.2) is 15.0 Å². The third-order valence-electron chi connectivity index (χ3n) is 15.7. The van der Waals surface area contributed by atoms with Crippen molar-refractivity contribution in [2.45, 2.75) is 27.7 Å². The first-order valence-electron chi connectivity index (χ1n) is 27.1. The molecule has 6 nitrogen and oxygen atoms in total. The molecule has 0 N–H and O–H groups in total. The second kappa shape index (κ2) is 19.5. The van der Waals surface area contributed by atoms with Crippen molar-refractivity contribution in [3.8, 4) is 96.1 Å². The average Bonchev–Trinajstić information content (AvgIpc) is 4.22. The number of aromatic nitrogens is 5. The second-order valence-electron chi connectivity index (χ2n) is 21.1. The quantitative estimate of drug-likeness (QED) is 0.144. The Morgan fingerprint density at radius 3 is 0.812 bits per heavy atom. The molecule has 0 radical (unpaired) electrons. The van der Waals surface area contributed by atoms with Crippen molar-refractivity contribution in [1.29, 1.82) is 5.26 Å². The van der Waals surface area contributed by atoms with Crippen LogP contribution in [0.5, 0.6) is 0 Å². The van der Waals surface area contributed by atoms with Crippen molar-refractivity contribution in [2.75, 3.05) is 0 Å². The van der Waals surface area contributed by atoms with Gasteiger partial charge in [-0.1, -0.05) is 204 Å². The molecule has 0 aliphatic rings. The first-order valence-corrected chi connectivity index (χ1v) is 27.1. The minimum absolute atomic E-state index is 0.484. The SMILES string of the molecule is Cc1ccc(-c2ccc3c(c2)c2cc(-c4ccc(C)cc4)ccc2n3-c2cc(-c3nc(-c4ccccc4)nc(-c4ccccc4)n3)cc(-n3c4ccc(-c5ccc(C)cc5)cc4c4cc(-c5ccc(C)cc5)ccc43)c2C#N)cc1. The van der Waals surface area contributed by atoms with E-state index in [2.05, 4.69) is 225 Å². The molecule has 6 heteroatoms. The van der Waals surface area contributed by atoms with Crippen molar-refractivity contribution in [3.63, 3.8) is 0 Å². The molecular weight excluding hydrogens is 973 g/mol. The van der Waals surface area contributed by atoms with Gasteiger partial charge in [0.15, 0.2) is 17.5 Å². The van der Waals surface area contributed by atoms with Crippen LogP contribution in [-0.4, -0.2) is 24.1 Å². The minimum atomic E-state index is 0.484. The van der Waals surface area contributed by atoms with Gasteiger partial charge in [-0.3, -0.25) is 0 Å². The Kier molecular flexibility index (Phi) is 11.7. The van der Waals surface area contributed by atoms with Crippen LogP contribution >= 0.6 is 0 Å². The molecule has 0 spiro atoms. The fraction of sp³-hybridized carbons (Fsp3) is 0.0541. The van der Waals surface area contributed by atoms with Crippen LogP contribution in [0.4, 0.5) is 0 Å². The zero-order valence-corrected chi connectivity index (χ0v) is 44.8. The largest absolute Gasteiger partial charge is 0.308 e. The molecule has 0 saturated heterocycles. The Balaban J connectivity index is 1.10. The Hall–Kier alpha value is -10.5. The van der Waals surface area contributed by atoms with E-state index in [0.29, 0.717) is 34.4 Å². The molecule has 14 aromatic rings. The predicted molar refractivity (Wildman–Crippen MR) is 330 cm³/mol. The Morgan fingerprint density at radius 1 is 0.275 bits per heavy atom. The summed E-state index contributed by atoms with van der Waals surface area (Å²) in [6.07, 6.45) is 0. The summed E-state index contributed by atoms with van der Waals surface area (Å²) in [6.45, 7) is 8.48. The van der Waals surface area contributed by atoms with Gasteiger partial charge in [-0.2, -0.15) is 5.26 Å². The fourth-order valence-corrected chi connectivity index (χ4v) is 11.4. The van der Waals surface area contributed by atoms with E-state index in [0.717, 1.165) is 105 Å². The number of hydrogen-bond acceptors (Lipinski definition) is 4. The molecule has 0 aliphatic carbocycles. The predicted octanol–water partition coefficient (Wildman–Crippen LogP) is 18.8. The van der Waals surface area contributed by atoms with Crippen LogP contribution in [0.3, 0.4) is 0 Å². The van der Waals surface area contributed by atoms with E-state index in [1.807, 2.05) is 60.7 Å². The first-order chi connectivity index (χ1) is 39.2. The Bertz CT molecular complexity index is 4260. The summed E-state index contributed by atoms with van der Waals surface area (Å²) in [6, 6.07) is 89.0. The molecule has 0 bridgehead atoms. The van der Waals surface area contributed by atoms with E-state index in [1.165, 1.54) is 22.3 Å². The summed E-state index contributed by atoms with van der Waals surface area (Å²) in [5.41, 5.74) is 22.1. The number of nitriles is 1. The van der Waals surface area contributed by atoms with Crippen molar-refractivity contribution in [3.05, 3.63) is 270 Å². The number of fused-ring (bicyclic) bond motifs is 6. The van der Waals surface area contributed by atoms with E-state index < -0.39 is 0 Å². The van der Waals surface area contributed by atoms with Crippen LogP contribution in [-0.2, 0) is 0 Å². The van der Waals surface area contributed by atoms with Gasteiger partial charge >= 0.3 is 0 Å². The molecule has 3 heterocycles. The molecule has 0 saturated carbocycles. The van der Waals surface area contributed by atoms with Gasteiger partial charge in [0.2, 0.25) is 0 Å². The topological polar surface area (TPSA) is 72.3 Å². The van der Waals surface area contributed by atoms with E-state index >= 15 is 0 Å². The summed E-state index contributed by atoms with van der Waals surface area (Å²) in [7, 11) is 0. The molecule has 378 valence electrons. The highest BCUT2D eigenvalue weighted by atomic mass is 15.1. The maximum atomic E-state index is 12.1. The van der Waals surface area contributed by atoms with Gasteiger partial charge in [0.05, 0.1) is 33.4 Å². The molecule has 14 rings (SSSR count). The zero-order valence-electron chi connectivity index (χ0n) is 44.8. The van der Waals surface area contributed by atoms with Crippen molar-refractivity contribution in [2.24, 2.45) is 0 Å². The van der Waals surface area contributed by atoms with Crippen LogP contribution in [0.25, 0.3) is 134 Å². The molecule has 0 atom stereocenters. The first kappa shape index (κ1) is 47.9. The molecule has 0 amide bonds. The second-order valence-corrected chi connectivity index (χ2v) is 21.1. The summed E-state index contributed by atoms with van der Waals surface area (Å²) in [4.78, 5) is 15.8. The van der Waals surface area contributed by atoms with Crippen LogP contribution < -0.4 is 0 Å². The maximum absolute atomic E-state index is 12.1.